The molecule has 6 heterocycles. The maximum Gasteiger partial charge on any atom is 0.333 e. The molecule has 0 radical (unpaired) electrons. The molecule has 2 saturated heterocycles. The van der Waals surface area contributed by atoms with Gasteiger partial charge in [-0.1, -0.05) is 0 Å². The summed E-state index contributed by atoms with van der Waals surface area (Å²) in [6.45, 7) is 0. The van der Waals surface area contributed by atoms with Crippen LogP contribution in [-0.2, 0) is 47.4 Å². The highest BCUT2D eigenvalue weighted by atomic mass is 16.3. The van der Waals surface area contributed by atoms with Gasteiger partial charge in [0.25, 0.3) is 34.7 Å². The number of nitrogens with zero attached hydrogens (tertiary/aromatic N) is 10. The fraction of sp³-hybridized carbons (Fsp3) is 0.235. The van der Waals surface area contributed by atoms with E-state index in [1.165, 1.54) is 12.1 Å². The largest absolute Gasteiger partial charge is 0.494 e. The van der Waals surface area contributed by atoms with E-state index in [0.717, 1.165) is 65.5 Å². The van der Waals surface area contributed by atoms with E-state index in [-0.39, 0.29) is 22.3 Å². The summed E-state index contributed by atoms with van der Waals surface area (Å²) in [5.74, 6) is -6.22. The number of carbonyl (C=O) groups is 6. The third kappa shape index (κ3) is 4.54. The van der Waals surface area contributed by atoms with E-state index in [9.17, 15) is 58.2 Å². The van der Waals surface area contributed by atoms with Crippen LogP contribution in [0.4, 0.5) is 9.59 Å². The van der Waals surface area contributed by atoms with Crippen molar-refractivity contribution in [2.75, 3.05) is 28.2 Å². The van der Waals surface area contributed by atoms with Gasteiger partial charge < -0.3 is 10.2 Å². The number of urea groups is 2. The quantitative estimate of drug-likeness (QED) is 0.197. The predicted octanol–water partition coefficient (Wildman–Crippen LogP) is -2.88. The van der Waals surface area contributed by atoms with Crippen LogP contribution in [0.25, 0.3) is 11.4 Å². The molecule has 286 valence electrons. The number of hydrogen-bond acceptors (Lipinski definition) is 14. The Morgan fingerprint density at radius 1 is 0.429 bits per heavy atom. The molecule has 2 aromatic heterocycles. The first-order valence-corrected chi connectivity index (χ1v) is 16.2. The summed E-state index contributed by atoms with van der Waals surface area (Å²) in [5, 5.41) is 22.4. The van der Waals surface area contributed by atoms with E-state index in [1.807, 2.05) is 0 Å². The van der Waals surface area contributed by atoms with Crippen LogP contribution in [0.2, 0.25) is 0 Å². The second-order valence-corrected chi connectivity index (χ2v) is 13.1. The molecule has 4 aliphatic heterocycles. The van der Waals surface area contributed by atoms with Gasteiger partial charge in [0.2, 0.25) is 11.8 Å². The summed E-state index contributed by atoms with van der Waals surface area (Å²) in [6, 6.07) is 0.479. The zero-order valence-corrected chi connectivity index (χ0v) is 30.6. The molecule has 0 atom stereocenters. The molecule has 0 aliphatic carbocycles. The number of aliphatic imine (C=N–C) groups is 2. The SMILES string of the molecule is CN1C(=O)C(=C2N=C(c3c(O)n(C)c(=O)n(C)c3=O)c3cc4c(cc32)C(c2c(O)n(C)c(=O)n(C)c2=O)=NC4=C2C(=O)N(C)C(=O)N(C)C2=O)C(=O)N(C)C1=O. The first kappa shape index (κ1) is 36.6. The molecular formula is C34H28N10O12. The Kier molecular flexibility index (Phi) is 7.75. The van der Waals surface area contributed by atoms with Crippen molar-refractivity contribution in [3.8, 4) is 11.8 Å². The second-order valence-electron chi connectivity index (χ2n) is 13.1. The Labute approximate surface area is 311 Å². The monoisotopic (exact) mass is 768 g/mol. The van der Waals surface area contributed by atoms with Gasteiger partial charge in [-0.05, 0) is 12.1 Å². The predicted molar refractivity (Wildman–Crippen MR) is 191 cm³/mol. The normalized spacial score (nSPS) is 17.1. The first-order chi connectivity index (χ1) is 26.1. The van der Waals surface area contributed by atoms with Crippen molar-refractivity contribution >= 4 is 58.5 Å². The summed E-state index contributed by atoms with van der Waals surface area (Å²) >= 11 is 0. The molecule has 1 aromatic carbocycles. The number of amides is 8. The Hall–Kier alpha value is -7.78. The molecule has 0 unspecified atom stereocenters. The summed E-state index contributed by atoms with van der Waals surface area (Å²) < 4.78 is 2.76. The molecule has 4 aliphatic rings. The van der Waals surface area contributed by atoms with Crippen LogP contribution in [-0.4, -0.2) is 123 Å². The van der Waals surface area contributed by atoms with Crippen molar-refractivity contribution < 1.29 is 39.0 Å². The molecular weight excluding hydrogens is 740 g/mol. The van der Waals surface area contributed by atoms with Crippen molar-refractivity contribution in [2.45, 2.75) is 0 Å². The highest BCUT2D eigenvalue weighted by molar-refractivity contribution is 6.37. The van der Waals surface area contributed by atoms with Crippen LogP contribution in [0, 0.1) is 0 Å². The Morgan fingerprint density at radius 3 is 1.00 bits per heavy atom. The number of imide groups is 4. The Balaban J connectivity index is 1.67. The Morgan fingerprint density at radius 2 is 0.714 bits per heavy atom. The lowest BCUT2D eigenvalue weighted by atomic mass is 9.89. The van der Waals surface area contributed by atoms with E-state index in [4.69, 9.17) is 0 Å². The molecule has 56 heavy (non-hydrogen) atoms. The molecule has 2 fully saturated rings. The molecule has 2 N–H and O–H groups in total. The summed E-state index contributed by atoms with van der Waals surface area (Å²) in [7, 11) is 8.95. The number of fused-ring (bicyclic) bond motifs is 2. The maximum atomic E-state index is 13.7. The number of aromatic nitrogens is 4. The van der Waals surface area contributed by atoms with Crippen LogP contribution in [0.15, 0.2) is 52.4 Å². The van der Waals surface area contributed by atoms with Gasteiger partial charge in [-0.25, -0.2) is 29.2 Å². The van der Waals surface area contributed by atoms with Gasteiger partial charge in [0.15, 0.2) is 0 Å². The molecule has 22 heteroatoms. The molecule has 0 spiro atoms. The Bertz CT molecular complexity index is 2690. The lowest BCUT2D eigenvalue weighted by molar-refractivity contribution is -0.136. The van der Waals surface area contributed by atoms with E-state index in [0.29, 0.717) is 28.7 Å². The highest BCUT2D eigenvalue weighted by Gasteiger charge is 2.46. The lowest BCUT2D eigenvalue weighted by Crippen LogP contribution is -2.53. The minimum Gasteiger partial charge on any atom is -0.494 e. The third-order valence-electron chi connectivity index (χ3n) is 10.1. The molecule has 22 nitrogen and oxygen atoms in total. The minimum absolute atomic E-state index is 0.138. The number of hydrogen-bond donors (Lipinski definition) is 2. The van der Waals surface area contributed by atoms with Crippen molar-refractivity contribution in [1.82, 2.24) is 37.9 Å². The molecule has 7 rings (SSSR count). The lowest BCUT2D eigenvalue weighted by Gasteiger charge is -2.29. The maximum absolute atomic E-state index is 13.7. The van der Waals surface area contributed by atoms with E-state index in [1.54, 1.807) is 0 Å². The average Bonchev–Trinajstić information content (AvgIpc) is 3.71. The van der Waals surface area contributed by atoms with Crippen LogP contribution in [0.1, 0.15) is 33.4 Å². The first-order valence-electron chi connectivity index (χ1n) is 16.2. The summed E-state index contributed by atoms with van der Waals surface area (Å²) in [5.41, 5.74) is -8.80. The van der Waals surface area contributed by atoms with Crippen molar-refractivity contribution in [3.63, 3.8) is 0 Å². The zero-order chi connectivity index (χ0) is 41.3. The standard InChI is InChI=1S/C34H28N10O12/c1-37-23(45)15(24(46)38(2)31(37)53)19-11-9-13-14(10-12(11)20(35-19)16-25(47)39(3)32(54)40(4)26(16)48)22(18-29(51)43(7)34(56)44(8)30(18)52)36-21(13)17-27(49)41(5)33(55)42(6)28(17)50/h9-10,45,51H,1-8H3. The summed E-state index contributed by atoms with van der Waals surface area (Å²) in [6.07, 6.45) is 0. The van der Waals surface area contributed by atoms with Crippen LogP contribution in [0.3, 0.4) is 0 Å². The summed E-state index contributed by atoms with van der Waals surface area (Å²) in [4.78, 5) is 144. The van der Waals surface area contributed by atoms with Gasteiger partial charge >= 0.3 is 23.4 Å². The number of carbonyl (C=O) groups excluding carboxylic acids is 6. The van der Waals surface area contributed by atoms with Crippen LogP contribution >= 0.6 is 0 Å². The average molecular weight is 769 g/mol. The fourth-order valence-electron chi connectivity index (χ4n) is 6.75. The van der Waals surface area contributed by atoms with Crippen LogP contribution < -0.4 is 22.5 Å². The number of rotatable bonds is 2. The van der Waals surface area contributed by atoms with Crippen molar-refractivity contribution in [3.05, 3.63) is 98.3 Å². The number of aromatic hydroxyl groups is 2. The van der Waals surface area contributed by atoms with Gasteiger partial charge in [0.05, 0.1) is 22.8 Å². The van der Waals surface area contributed by atoms with Gasteiger partial charge in [0.1, 0.15) is 22.3 Å². The molecule has 0 saturated carbocycles. The molecule has 0 bridgehead atoms. The topological polar surface area (TPSA) is 269 Å². The van der Waals surface area contributed by atoms with Crippen LogP contribution in [0.5, 0.6) is 11.8 Å². The highest BCUT2D eigenvalue weighted by Crippen LogP contribution is 2.43. The van der Waals surface area contributed by atoms with E-state index < -0.39 is 115 Å². The van der Waals surface area contributed by atoms with Crippen molar-refractivity contribution in [2.24, 2.45) is 38.2 Å². The van der Waals surface area contributed by atoms with E-state index >= 15 is 0 Å². The van der Waals surface area contributed by atoms with E-state index in [2.05, 4.69) is 9.98 Å². The van der Waals surface area contributed by atoms with Crippen molar-refractivity contribution in [1.29, 1.82) is 0 Å². The second kappa shape index (κ2) is 11.9. The number of benzene rings is 1. The van der Waals surface area contributed by atoms with Gasteiger partial charge in [0, 0.05) is 78.6 Å². The van der Waals surface area contributed by atoms with Gasteiger partial charge in [-0.15, -0.1) is 0 Å². The molecule has 3 aromatic rings. The smallest absolute Gasteiger partial charge is 0.333 e. The van der Waals surface area contributed by atoms with Gasteiger partial charge in [-0.3, -0.25) is 66.6 Å². The minimum atomic E-state index is -1.11. The number of barbiturate groups is 2. The fourth-order valence-corrected chi connectivity index (χ4v) is 6.75. The molecule has 8 amide bonds. The number of likely N-dealkylation sites (N-methyl/N-ethyl adjacent to an activating group) is 4. The zero-order valence-electron chi connectivity index (χ0n) is 30.6. The third-order valence-corrected chi connectivity index (χ3v) is 10.1. The van der Waals surface area contributed by atoms with Gasteiger partial charge in [-0.2, -0.15) is 0 Å².